The van der Waals surface area contributed by atoms with Crippen LogP contribution in [0.3, 0.4) is 0 Å². The molecule has 10 rings (SSSR count). The molecule has 2 heteroatoms. The molecule has 10 aromatic rings. The minimum Gasteiger partial charge on any atom is -0.310 e. The molecule has 0 aliphatic heterocycles. The Morgan fingerprint density at radius 1 is 0.286 bits per heavy atom. The zero-order chi connectivity index (χ0) is 37.3. The van der Waals surface area contributed by atoms with Gasteiger partial charge in [-0.25, -0.2) is 0 Å². The zero-order valence-electron chi connectivity index (χ0n) is 30.8. The van der Waals surface area contributed by atoms with Gasteiger partial charge in [0.05, 0.1) is 16.7 Å². The normalized spacial score (nSPS) is 11.2. The molecule has 56 heavy (non-hydrogen) atoms. The summed E-state index contributed by atoms with van der Waals surface area (Å²) in [6.45, 7) is 0. The number of rotatable bonds is 8. The number of hydrogen-bond acceptors (Lipinski definition) is 1. The highest BCUT2D eigenvalue weighted by Crippen LogP contribution is 2.43. The Kier molecular flexibility index (Phi) is 8.55. The number of anilines is 3. The van der Waals surface area contributed by atoms with Crippen molar-refractivity contribution < 1.29 is 0 Å². The first-order valence-corrected chi connectivity index (χ1v) is 19.2. The Labute approximate surface area is 327 Å². The van der Waals surface area contributed by atoms with Gasteiger partial charge in [-0.3, -0.25) is 0 Å². The summed E-state index contributed by atoms with van der Waals surface area (Å²) in [5.74, 6) is 0. The van der Waals surface area contributed by atoms with Crippen LogP contribution in [0.4, 0.5) is 17.1 Å². The highest BCUT2D eigenvalue weighted by atomic mass is 15.1. The van der Waals surface area contributed by atoms with Crippen molar-refractivity contribution in [1.82, 2.24) is 4.57 Å². The number of hydrogen-bond donors (Lipinski definition) is 0. The second-order valence-electron chi connectivity index (χ2n) is 14.2. The quantitative estimate of drug-likeness (QED) is 0.152. The van der Waals surface area contributed by atoms with Gasteiger partial charge in [0.15, 0.2) is 0 Å². The highest BCUT2D eigenvalue weighted by Gasteiger charge is 2.18. The smallest absolute Gasteiger partial charge is 0.0541 e. The summed E-state index contributed by atoms with van der Waals surface area (Å²) >= 11 is 0. The topological polar surface area (TPSA) is 8.17 Å². The van der Waals surface area contributed by atoms with Crippen LogP contribution in [0.5, 0.6) is 0 Å². The number of benzene rings is 9. The second-order valence-corrected chi connectivity index (χ2v) is 14.2. The molecule has 0 saturated heterocycles. The number of nitrogens with zero attached hydrogens (tertiary/aromatic N) is 2. The van der Waals surface area contributed by atoms with Crippen LogP contribution in [0.1, 0.15) is 0 Å². The van der Waals surface area contributed by atoms with Crippen molar-refractivity contribution in [2.24, 2.45) is 0 Å². The van der Waals surface area contributed by atoms with Crippen LogP contribution < -0.4 is 4.90 Å². The lowest BCUT2D eigenvalue weighted by Gasteiger charge is -2.28. The number of aromatic nitrogens is 1. The maximum absolute atomic E-state index is 2.38. The molecule has 1 aromatic heterocycles. The third-order valence-electron chi connectivity index (χ3n) is 10.8. The van der Waals surface area contributed by atoms with E-state index in [1.165, 1.54) is 72.0 Å². The zero-order valence-corrected chi connectivity index (χ0v) is 30.8. The fourth-order valence-electron chi connectivity index (χ4n) is 8.06. The Hall–Kier alpha value is -7.42. The van der Waals surface area contributed by atoms with Crippen molar-refractivity contribution in [3.05, 3.63) is 231 Å². The van der Waals surface area contributed by atoms with Gasteiger partial charge in [-0.15, -0.1) is 0 Å². The molecule has 2 nitrogen and oxygen atoms in total. The number of fused-ring (bicyclic) bond motifs is 3. The van der Waals surface area contributed by atoms with Crippen LogP contribution in [-0.4, -0.2) is 4.57 Å². The van der Waals surface area contributed by atoms with E-state index in [1.807, 2.05) is 0 Å². The SMILES string of the molecule is c1ccc(-c2ccc(-c3ccccc3N(c3ccc(-c4ccccc4)cc3)c3ccc(-c4ccc5c(c4)c4ccccc4n5-c4ccccc4)cc3)cc2)cc1. The van der Waals surface area contributed by atoms with E-state index in [4.69, 9.17) is 0 Å². The van der Waals surface area contributed by atoms with Crippen molar-refractivity contribution in [2.45, 2.75) is 0 Å². The fraction of sp³-hybridized carbons (Fsp3) is 0. The lowest BCUT2D eigenvalue weighted by atomic mass is 9.98. The summed E-state index contributed by atoms with van der Waals surface area (Å²) in [7, 11) is 0. The summed E-state index contributed by atoms with van der Waals surface area (Å²) in [6.07, 6.45) is 0. The molecule has 0 saturated carbocycles. The Morgan fingerprint density at radius 3 is 1.34 bits per heavy atom. The van der Waals surface area contributed by atoms with Crippen LogP contribution in [-0.2, 0) is 0 Å². The first-order valence-electron chi connectivity index (χ1n) is 19.2. The largest absolute Gasteiger partial charge is 0.310 e. The van der Waals surface area contributed by atoms with E-state index in [-0.39, 0.29) is 0 Å². The maximum atomic E-state index is 2.38. The van der Waals surface area contributed by atoms with Gasteiger partial charge in [-0.2, -0.15) is 0 Å². The highest BCUT2D eigenvalue weighted by molar-refractivity contribution is 6.10. The average Bonchev–Trinajstić information content (AvgIpc) is 3.62. The van der Waals surface area contributed by atoms with Gasteiger partial charge in [0, 0.05) is 33.4 Å². The summed E-state index contributed by atoms with van der Waals surface area (Å²) in [5, 5.41) is 2.50. The van der Waals surface area contributed by atoms with Crippen LogP contribution in [0.25, 0.3) is 72.0 Å². The second kappa shape index (κ2) is 14.4. The van der Waals surface area contributed by atoms with Crippen molar-refractivity contribution in [3.8, 4) is 50.2 Å². The van der Waals surface area contributed by atoms with Crippen LogP contribution in [0.2, 0.25) is 0 Å². The summed E-state index contributed by atoms with van der Waals surface area (Å²) in [6, 6.07) is 83.0. The lowest BCUT2D eigenvalue weighted by Crippen LogP contribution is -2.11. The van der Waals surface area contributed by atoms with E-state index >= 15 is 0 Å². The lowest BCUT2D eigenvalue weighted by molar-refractivity contribution is 1.18. The van der Waals surface area contributed by atoms with Crippen LogP contribution in [0, 0.1) is 0 Å². The molecule has 0 amide bonds. The Bertz CT molecular complexity index is 2910. The molecule has 0 aliphatic carbocycles. The predicted molar refractivity (Wildman–Crippen MR) is 237 cm³/mol. The third-order valence-corrected chi connectivity index (χ3v) is 10.8. The molecule has 0 unspecified atom stereocenters. The van der Waals surface area contributed by atoms with E-state index in [9.17, 15) is 0 Å². The van der Waals surface area contributed by atoms with Crippen molar-refractivity contribution in [3.63, 3.8) is 0 Å². The van der Waals surface area contributed by atoms with Crippen molar-refractivity contribution >= 4 is 38.9 Å². The van der Waals surface area contributed by atoms with Gasteiger partial charge >= 0.3 is 0 Å². The van der Waals surface area contributed by atoms with E-state index < -0.39 is 0 Å². The van der Waals surface area contributed by atoms with E-state index in [2.05, 4.69) is 240 Å². The van der Waals surface area contributed by atoms with E-state index in [1.54, 1.807) is 0 Å². The molecule has 0 spiro atoms. The minimum absolute atomic E-state index is 1.09. The van der Waals surface area contributed by atoms with Crippen LogP contribution >= 0.6 is 0 Å². The van der Waals surface area contributed by atoms with Gasteiger partial charge in [0.25, 0.3) is 0 Å². The van der Waals surface area contributed by atoms with Gasteiger partial charge in [0.1, 0.15) is 0 Å². The van der Waals surface area contributed by atoms with E-state index in [0.717, 1.165) is 17.1 Å². The molecule has 9 aromatic carbocycles. The molecule has 264 valence electrons. The Balaban J connectivity index is 1.06. The molecule has 0 bridgehead atoms. The monoisotopic (exact) mass is 714 g/mol. The first kappa shape index (κ1) is 33.2. The molecule has 0 radical (unpaired) electrons. The molecular formula is C54H38N2. The molecule has 1 heterocycles. The molecule has 0 atom stereocenters. The Morgan fingerprint density at radius 2 is 0.714 bits per heavy atom. The van der Waals surface area contributed by atoms with Gasteiger partial charge < -0.3 is 9.47 Å². The standard InChI is InChI=1S/C54H38N2/c1-4-14-39(15-5-1)41-24-26-44(27-25-41)49-20-10-12-22-52(49)55(47-33-28-42(29-34-47)40-16-6-2-7-17-40)48-35-30-43(31-36-48)45-32-37-54-51(38-45)50-21-11-13-23-53(50)56(54)46-18-8-3-9-19-46/h1-38H. The summed E-state index contributed by atoms with van der Waals surface area (Å²) in [4.78, 5) is 2.38. The van der Waals surface area contributed by atoms with Crippen LogP contribution in [0.15, 0.2) is 231 Å². The summed E-state index contributed by atoms with van der Waals surface area (Å²) in [5.41, 5.74) is 16.4. The maximum Gasteiger partial charge on any atom is 0.0541 e. The van der Waals surface area contributed by atoms with Gasteiger partial charge in [0.2, 0.25) is 0 Å². The van der Waals surface area contributed by atoms with Crippen molar-refractivity contribution in [1.29, 1.82) is 0 Å². The van der Waals surface area contributed by atoms with E-state index in [0.29, 0.717) is 0 Å². The first-order chi connectivity index (χ1) is 27.8. The molecule has 0 aliphatic rings. The predicted octanol–water partition coefficient (Wildman–Crippen LogP) is 14.9. The van der Waals surface area contributed by atoms with Gasteiger partial charge in [-0.1, -0.05) is 170 Å². The van der Waals surface area contributed by atoms with Gasteiger partial charge in [-0.05, 0) is 99.6 Å². The summed E-state index contributed by atoms with van der Waals surface area (Å²) < 4.78 is 2.37. The third kappa shape index (κ3) is 6.14. The molecular weight excluding hydrogens is 677 g/mol. The number of para-hydroxylation sites is 3. The van der Waals surface area contributed by atoms with Crippen molar-refractivity contribution in [2.75, 3.05) is 4.90 Å². The fourth-order valence-corrected chi connectivity index (χ4v) is 8.06. The molecule has 0 fully saturated rings. The molecule has 0 N–H and O–H groups in total. The minimum atomic E-state index is 1.09. The average molecular weight is 715 g/mol.